The fourth-order valence-electron chi connectivity index (χ4n) is 2.73. The lowest BCUT2D eigenvalue weighted by Gasteiger charge is -2.16. The first-order valence-corrected chi connectivity index (χ1v) is 8.44. The maximum absolute atomic E-state index is 11.7. The van der Waals surface area contributed by atoms with E-state index < -0.39 is 10.1 Å². The number of aryl methyl sites for hydroxylation is 1. The van der Waals surface area contributed by atoms with Crippen LogP contribution in [0.1, 0.15) is 37.8 Å². The topological polar surface area (TPSA) is 54.4 Å². The minimum absolute atomic E-state index is 0.0708. The van der Waals surface area contributed by atoms with Gasteiger partial charge in [0, 0.05) is 0 Å². The summed E-state index contributed by atoms with van der Waals surface area (Å²) < 4.78 is 32.9. The van der Waals surface area contributed by atoms with Gasteiger partial charge in [-0.05, 0) is 40.8 Å². The summed E-state index contributed by atoms with van der Waals surface area (Å²) in [7, 11) is -4.19. The second kappa shape index (κ2) is 5.94. The molecule has 2 aromatic carbocycles. The van der Waals surface area contributed by atoms with Gasteiger partial charge in [-0.15, -0.1) is 0 Å². The lowest BCUT2D eigenvalue weighted by Crippen LogP contribution is -2.07. The van der Waals surface area contributed by atoms with Crippen LogP contribution in [0.2, 0.25) is 0 Å². The van der Waals surface area contributed by atoms with Crippen LogP contribution in [0.4, 0.5) is 0 Å². The molecule has 108 valence electrons. The highest BCUT2D eigenvalue weighted by atomic mass is 32.2. The molecule has 0 aliphatic heterocycles. The second-order valence-electron chi connectivity index (χ2n) is 5.03. The summed E-state index contributed by atoms with van der Waals surface area (Å²) in [4.78, 5) is 0.0708. The van der Waals surface area contributed by atoms with Crippen molar-refractivity contribution < 1.29 is 13.0 Å². The molecule has 0 aromatic heterocycles. The third-order valence-electron chi connectivity index (χ3n) is 3.51. The predicted molar refractivity (Wildman–Crippen MR) is 81.8 cm³/mol. The van der Waals surface area contributed by atoms with Gasteiger partial charge < -0.3 is 0 Å². The Morgan fingerprint density at radius 3 is 2.20 bits per heavy atom. The van der Waals surface area contributed by atoms with Gasteiger partial charge in [0.2, 0.25) is 0 Å². The Balaban J connectivity index is 2.87. The van der Waals surface area contributed by atoms with E-state index in [2.05, 4.69) is 6.92 Å². The smallest absolute Gasteiger partial charge is 0.282 e. The number of benzene rings is 2. The molecule has 0 saturated heterocycles. The predicted octanol–water partition coefficient (Wildman–Crippen LogP) is 3.99. The van der Waals surface area contributed by atoms with E-state index in [1.165, 1.54) is 0 Å². The molecule has 0 aliphatic rings. The lowest BCUT2D eigenvalue weighted by molar-refractivity contribution is 0.482. The Bertz CT molecular complexity index is 718. The molecule has 0 saturated carbocycles. The summed E-state index contributed by atoms with van der Waals surface area (Å²) in [6, 6.07) is 9.34. The highest BCUT2D eigenvalue weighted by Crippen LogP contribution is 2.31. The van der Waals surface area contributed by atoms with Crippen molar-refractivity contribution >= 4 is 20.9 Å². The third-order valence-corrected chi connectivity index (χ3v) is 4.43. The summed E-state index contributed by atoms with van der Waals surface area (Å²) in [5, 5.41) is 1.95. The molecule has 1 N–H and O–H groups in total. The molecule has 0 atom stereocenters. The van der Waals surface area contributed by atoms with Crippen LogP contribution >= 0.6 is 0 Å². The molecule has 0 unspecified atom stereocenters. The molecule has 20 heavy (non-hydrogen) atoms. The molecule has 0 fully saturated rings. The number of fused-ring (bicyclic) bond motifs is 1. The zero-order chi connectivity index (χ0) is 14.8. The van der Waals surface area contributed by atoms with Crippen LogP contribution in [0.25, 0.3) is 10.8 Å². The minimum atomic E-state index is -4.19. The van der Waals surface area contributed by atoms with Gasteiger partial charge in [-0.3, -0.25) is 4.55 Å². The second-order valence-corrected chi connectivity index (χ2v) is 6.42. The number of rotatable bonds is 5. The largest absolute Gasteiger partial charge is 0.294 e. The van der Waals surface area contributed by atoms with Crippen LogP contribution in [-0.2, 0) is 23.0 Å². The Labute approximate surface area is 120 Å². The SMILES string of the molecule is CCCc1c(S(=O)(=O)O)cc2ccccc2c1CCC. The summed E-state index contributed by atoms with van der Waals surface area (Å²) in [6.07, 6.45) is 3.27. The molecule has 0 radical (unpaired) electrons. The summed E-state index contributed by atoms with van der Waals surface area (Å²) in [6.45, 7) is 4.09. The Kier molecular flexibility index (Phi) is 4.45. The first kappa shape index (κ1) is 15.0. The molecule has 2 aromatic rings. The number of hydrogen-bond acceptors (Lipinski definition) is 2. The molecule has 4 heteroatoms. The van der Waals surface area contributed by atoms with Gasteiger partial charge in [0.1, 0.15) is 0 Å². The van der Waals surface area contributed by atoms with E-state index in [0.717, 1.165) is 41.2 Å². The average Bonchev–Trinajstić information content (AvgIpc) is 2.40. The van der Waals surface area contributed by atoms with Crippen LogP contribution in [-0.4, -0.2) is 13.0 Å². The molecule has 0 aliphatic carbocycles. The summed E-state index contributed by atoms with van der Waals surface area (Å²) in [5.74, 6) is 0. The molecular formula is C16H20O3S. The highest BCUT2D eigenvalue weighted by Gasteiger charge is 2.20. The average molecular weight is 292 g/mol. The van der Waals surface area contributed by atoms with Crippen molar-refractivity contribution in [2.24, 2.45) is 0 Å². The van der Waals surface area contributed by atoms with Crippen molar-refractivity contribution in [1.29, 1.82) is 0 Å². The fraction of sp³-hybridized carbons (Fsp3) is 0.375. The number of hydrogen-bond donors (Lipinski definition) is 1. The van der Waals surface area contributed by atoms with Crippen molar-refractivity contribution in [3.63, 3.8) is 0 Å². The molecule has 3 nitrogen and oxygen atoms in total. The van der Waals surface area contributed by atoms with E-state index in [9.17, 15) is 13.0 Å². The maximum atomic E-state index is 11.7. The standard InChI is InChI=1S/C16H20O3S/c1-3-7-14-13-10-6-5-9-12(13)11-16(20(17,18)19)15(14)8-4-2/h5-6,9-11H,3-4,7-8H2,1-2H3,(H,17,18,19). The fourth-order valence-corrected chi connectivity index (χ4v) is 3.54. The lowest BCUT2D eigenvalue weighted by atomic mass is 9.93. The van der Waals surface area contributed by atoms with E-state index in [1.54, 1.807) is 6.07 Å². The molecule has 0 heterocycles. The third kappa shape index (κ3) is 2.86. The van der Waals surface area contributed by atoms with E-state index in [4.69, 9.17) is 0 Å². The maximum Gasteiger partial charge on any atom is 0.294 e. The van der Waals surface area contributed by atoms with Gasteiger partial charge in [0.15, 0.2) is 0 Å². The van der Waals surface area contributed by atoms with Crippen LogP contribution in [0, 0.1) is 0 Å². The van der Waals surface area contributed by atoms with Gasteiger partial charge in [0.05, 0.1) is 4.90 Å². The first-order valence-electron chi connectivity index (χ1n) is 7.00. The van der Waals surface area contributed by atoms with Crippen molar-refractivity contribution in [1.82, 2.24) is 0 Å². The molecule has 0 bridgehead atoms. The summed E-state index contributed by atoms with van der Waals surface area (Å²) >= 11 is 0. The van der Waals surface area contributed by atoms with E-state index >= 15 is 0 Å². The Hall–Kier alpha value is -1.39. The normalized spacial score (nSPS) is 11.9. The van der Waals surface area contributed by atoms with Crippen LogP contribution in [0.3, 0.4) is 0 Å². The Morgan fingerprint density at radius 2 is 1.60 bits per heavy atom. The van der Waals surface area contributed by atoms with Crippen molar-refractivity contribution in [2.75, 3.05) is 0 Å². The van der Waals surface area contributed by atoms with Gasteiger partial charge >= 0.3 is 0 Å². The Morgan fingerprint density at radius 1 is 1.00 bits per heavy atom. The molecule has 0 spiro atoms. The van der Waals surface area contributed by atoms with E-state index in [1.807, 2.05) is 31.2 Å². The monoisotopic (exact) mass is 292 g/mol. The molecule has 2 rings (SSSR count). The first-order chi connectivity index (χ1) is 9.49. The van der Waals surface area contributed by atoms with E-state index in [-0.39, 0.29) is 4.90 Å². The van der Waals surface area contributed by atoms with Crippen LogP contribution in [0.15, 0.2) is 35.2 Å². The van der Waals surface area contributed by atoms with Gasteiger partial charge in [-0.25, -0.2) is 0 Å². The van der Waals surface area contributed by atoms with Gasteiger partial charge in [-0.1, -0.05) is 51.0 Å². The van der Waals surface area contributed by atoms with Crippen molar-refractivity contribution in [3.05, 3.63) is 41.5 Å². The van der Waals surface area contributed by atoms with Crippen molar-refractivity contribution in [3.8, 4) is 0 Å². The van der Waals surface area contributed by atoms with Crippen LogP contribution < -0.4 is 0 Å². The quantitative estimate of drug-likeness (QED) is 0.848. The zero-order valence-electron chi connectivity index (χ0n) is 11.9. The van der Waals surface area contributed by atoms with Crippen molar-refractivity contribution in [2.45, 2.75) is 44.4 Å². The van der Waals surface area contributed by atoms with Gasteiger partial charge in [0.25, 0.3) is 10.1 Å². The zero-order valence-corrected chi connectivity index (χ0v) is 12.7. The molecular weight excluding hydrogens is 272 g/mol. The van der Waals surface area contributed by atoms with Crippen LogP contribution in [0.5, 0.6) is 0 Å². The minimum Gasteiger partial charge on any atom is -0.282 e. The van der Waals surface area contributed by atoms with E-state index in [0.29, 0.717) is 6.42 Å². The molecule has 0 amide bonds. The summed E-state index contributed by atoms with van der Waals surface area (Å²) in [5.41, 5.74) is 1.83. The highest BCUT2D eigenvalue weighted by molar-refractivity contribution is 7.85. The van der Waals surface area contributed by atoms with Gasteiger partial charge in [-0.2, -0.15) is 8.42 Å².